The van der Waals surface area contributed by atoms with E-state index in [0.717, 1.165) is 32.7 Å². The smallest absolute Gasteiger partial charge is 0.317 e. The summed E-state index contributed by atoms with van der Waals surface area (Å²) in [5, 5.41) is 6.20. The molecule has 2 aliphatic rings. The van der Waals surface area contributed by atoms with Crippen LogP contribution in [0.4, 0.5) is 4.79 Å². The van der Waals surface area contributed by atoms with Crippen LogP contribution in [0.5, 0.6) is 0 Å². The lowest BCUT2D eigenvalue weighted by Crippen LogP contribution is -2.51. The zero-order valence-corrected chi connectivity index (χ0v) is 8.59. The zero-order chi connectivity index (χ0) is 9.80. The maximum Gasteiger partial charge on any atom is 0.317 e. The Morgan fingerprint density at radius 3 is 2.57 bits per heavy atom. The predicted octanol–water partition coefficient (Wildman–Crippen LogP) is 0.401. The van der Waals surface area contributed by atoms with Gasteiger partial charge in [0.25, 0.3) is 0 Å². The van der Waals surface area contributed by atoms with E-state index < -0.39 is 0 Å². The SMILES string of the molecule is O=C(NCC1CNC1)N1CCCCC1. The van der Waals surface area contributed by atoms with Crippen LogP contribution in [0.25, 0.3) is 0 Å². The van der Waals surface area contributed by atoms with Crippen LogP contribution in [0, 0.1) is 5.92 Å². The molecule has 14 heavy (non-hydrogen) atoms. The minimum Gasteiger partial charge on any atom is -0.338 e. The predicted molar refractivity (Wildman–Crippen MR) is 55.2 cm³/mol. The summed E-state index contributed by atoms with van der Waals surface area (Å²) in [5.74, 6) is 0.656. The van der Waals surface area contributed by atoms with E-state index in [-0.39, 0.29) is 6.03 Å². The molecule has 2 heterocycles. The van der Waals surface area contributed by atoms with Gasteiger partial charge in [0.2, 0.25) is 0 Å². The Kier molecular flexibility index (Phi) is 3.24. The summed E-state index contributed by atoms with van der Waals surface area (Å²) in [6.07, 6.45) is 3.60. The fourth-order valence-corrected chi connectivity index (χ4v) is 1.93. The number of carbonyl (C=O) groups excluding carboxylic acids is 1. The van der Waals surface area contributed by atoms with Gasteiger partial charge in [-0.05, 0) is 19.3 Å². The Morgan fingerprint density at radius 2 is 2.00 bits per heavy atom. The average Bonchev–Trinajstić information content (AvgIpc) is 2.16. The van der Waals surface area contributed by atoms with E-state index in [4.69, 9.17) is 0 Å². The first-order valence-electron chi connectivity index (χ1n) is 5.60. The van der Waals surface area contributed by atoms with Crippen LogP contribution < -0.4 is 10.6 Å². The molecule has 0 atom stereocenters. The summed E-state index contributed by atoms with van der Waals surface area (Å²) >= 11 is 0. The van der Waals surface area contributed by atoms with Crippen LogP contribution in [0.1, 0.15) is 19.3 Å². The molecule has 0 aromatic heterocycles. The van der Waals surface area contributed by atoms with Gasteiger partial charge in [0, 0.05) is 38.6 Å². The summed E-state index contributed by atoms with van der Waals surface area (Å²) in [5.41, 5.74) is 0. The first-order valence-corrected chi connectivity index (χ1v) is 5.60. The van der Waals surface area contributed by atoms with Crippen LogP contribution in [0.15, 0.2) is 0 Å². The Hall–Kier alpha value is -0.770. The van der Waals surface area contributed by atoms with E-state index in [1.54, 1.807) is 0 Å². The molecule has 2 amide bonds. The normalized spacial score (nSPS) is 23.0. The molecule has 0 unspecified atom stereocenters. The van der Waals surface area contributed by atoms with Crippen molar-refractivity contribution in [1.29, 1.82) is 0 Å². The number of urea groups is 1. The number of hydrogen-bond donors (Lipinski definition) is 2. The topological polar surface area (TPSA) is 44.4 Å². The molecule has 0 bridgehead atoms. The largest absolute Gasteiger partial charge is 0.338 e. The van der Waals surface area contributed by atoms with E-state index >= 15 is 0 Å². The van der Waals surface area contributed by atoms with E-state index in [1.165, 1.54) is 19.3 Å². The molecule has 2 aliphatic heterocycles. The van der Waals surface area contributed by atoms with Crippen LogP contribution in [0.3, 0.4) is 0 Å². The molecule has 2 N–H and O–H groups in total. The van der Waals surface area contributed by atoms with Gasteiger partial charge in [0.05, 0.1) is 0 Å². The first kappa shape index (κ1) is 9.77. The van der Waals surface area contributed by atoms with Crippen molar-refractivity contribution >= 4 is 6.03 Å². The molecule has 0 saturated carbocycles. The number of carbonyl (C=O) groups is 1. The van der Waals surface area contributed by atoms with E-state index in [2.05, 4.69) is 10.6 Å². The number of nitrogens with zero attached hydrogens (tertiary/aromatic N) is 1. The van der Waals surface area contributed by atoms with Crippen molar-refractivity contribution in [1.82, 2.24) is 15.5 Å². The van der Waals surface area contributed by atoms with Crippen molar-refractivity contribution in [3.05, 3.63) is 0 Å². The molecule has 0 aliphatic carbocycles. The fraction of sp³-hybridized carbons (Fsp3) is 0.900. The van der Waals surface area contributed by atoms with Gasteiger partial charge in [-0.2, -0.15) is 0 Å². The third kappa shape index (κ3) is 2.38. The molecular weight excluding hydrogens is 178 g/mol. The van der Waals surface area contributed by atoms with Crippen molar-refractivity contribution in [3.63, 3.8) is 0 Å². The summed E-state index contributed by atoms with van der Waals surface area (Å²) in [7, 11) is 0. The number of likely N-dealkylation sites (tertiary alicyclic amines) is 1. The number of amides is 2. The monoisotopic (exact) mass is 197 g/mol. The summed E-state index contributed by atoms with van der Waals surface area (Å²) < 4.78 is 0. The highest BCUT2D eigenvalue weighted by Gasteiger charge is 2.20. The second-order valence-corrected chi connectivity index (χ2v) is 4.26. The van der Waals surface area contributed by atoms with Gasteiger partial charge in [-0.1, -0.05) is 0 Å². The van der Waals surface area contributed by atoms with Crippen molar-refractivity contribution < 1.29 is 4.79 Å². The molecular formula is C10H19N3O. The molecule has 0 radical (unpaired) electrons. The number of nitrogens with one attached hydrogen (secondary N) is 2. The summed E-state index contributed by atoms with van der Waals surface area (Å²) in [6, 6.07) is 0.136. The Balaban J connectivity index is 1.65. The minimum absolute atomic E-state index is 0.136. The second-order valence-electron chi connectivity index (χ2n) is 4.26. The summed E-state index contributed by atoms with van der Waals surface area (Å²) in [6.45, 7) is 4.83. The lowest BCUT2D eigenvalue weighted by Gasteiger charge is -2.30. The molecule has 80 valence electrons. The van der Waals surface area contributed by atoms with E-state index in [0.29, 0.717) is 5.92 Å². The van der Waals surface area contributed by atoms with Crippen LogP contribution in [0.2, 0.25) is 0 Å². The highest BCUT2D eigenvalue weighted by Crippen LogP contribution is 2.08. The Labute approximate surface area is 85.0 Å². The highest BCUT2D eigenvalue weighted by molar-refractivity contribution is 5.74. The molecule has 2 fully saturated rings. The lowest BCUT2D eigenvalue weighted by molar-refractivity contribution is 0.182. The maximum absolute atomic E-state index is 11.6. The van der Waals surface area contributed by atoms with Gasteiger partial charge in [0.15, 0.2) is 0 Å². The number of piperidine rings is 1. The zero-order valence-electron chi connectivity index (χ0n) is 8.59. The Bertz CT molecular complexity index is 198. The maximum atomic E-state index is 11.6. The average molecular weight is 197 g/mol. The molecule has 4 nitrogen and oxygen atoms in total. The Morgan fingerprint density at radius 1 is 1.29 bits per heavy atom. The molecule has 2 saturated heterocycles. The molecule has 0 aromatic carbocycles. The second kappa shape index (κ2) is 4.64. The van der Waals surface area contributed by atoms with Crippen molar-refractivity contribution in [2.45, 2.75) is 19.3 Å². The van der Waals surface area contributed by atoms with Gasteiger partial charge in [0.1, 0.15) is 0 Å². The quantitative estimate of drug-likeness (QED) is 0.673. The van der Waals surface area contributed by atoms with Gasteiger partial charge in [-0.3, -0.25) is 0 Å². The fourth-order valence-electron chi connectivity index (χ4n) is 1.93. The van der Waals surface area contributed by atoms with Gasteiger partial charge in [-0.15, -0.1) is 0 Å². The van der Waals surface area contributed by atoms with Gasteiger partial charge >= 0.3 is 6.03 Å². The van der Waals surface area contributed by atoms with Gasteiger partial charge < -0.3 is 15.5 Å². The van der Waals surface area contributed by atoms with Gasteiger partial charge in [-0.25, -0.2) is 4.79 Å². The first-order chi connectivity index (χ1) is 6.86. The third-order valence-electron chi connectivity index (χ3n) is 3.05. The van der Waals surface area contributed by atoms with Crippen LogP contribution in [-0.2, 0) is 0 Å². The van der Waals surface area contributed by atoms with Crippen molar-refractivity contribution in [2.24, 2.45) is 5.92 Å². The molecule has 0 aromatic rings. The number of hydrogen-bond acceptors (Lipinski definition) is 2. The number of rotatable bonds is 2. The molecule has 2 rings (SSSR count). The third-order valence-corrected chi connectivity index (χ3v) is 3.05. The highest BCUT2D eigenvalue weighted by atomic mass is 16.2. The molecule has 4 heteroatoms. The van der Waals surface area contributed by atoms with Crippen LogP contribution in [-0.4, -0.2) is 43.7 Å². The standard InChI is InChI=1S/C10H19N3O/c14-10(12-8-9-6-11-7-9)13-4-2-1-3-5-13/h9,11H,1-8H2,(H,12,14). The van der Waals surface area contributed by atoms with Crippen molar-refractivity contribution in [3.8, 4) is 0 Å². The van der Waals surface area contributed by atoms with Crippen LogP contribution >= 0.6 is 0 Å². The lowest BCUT2D eigenvalue weighted by atomic mass is 10.0. The minimum atomic E-state index is 0.136. The van der Waals surface area contributed by atoms with Crippen molar-refractivity contribution in [2.75, 3.05) is 32.7 Å². The van der Waals surface area contributed by atoms with E-state index in [9.17, 15) is 4.79 Å². The summed E-state index contributed by atoms with van der Waals surface area (Å²) in [4.78, 5) is 13.6. The molecule has 0 spiro atoms. The van der Waals surface area contributed by atoms with E-state index in [1.807, 2.05) is 4.90 Å².